The number of carbonyl (C=O) groups excluding carboxylic acids is 1. The summed E-state index contributed by atoms with van der Waals surface area (Å²) in [7, 11) is 2.04. The van der Waals surface area contributed by atoms with E-state index in [9.17, 15) is 4.79 Å². The second kappa shape index (κ2) is 9.46. The maximum atomic E-state index is 11.1. The van der Waals surface area contributed by atoms with E-state index < -0.39 is 6.16 Å². The monoisotopic (exact) mass is 231 g/mol. The minimum Gasteiger partial charge on any atom is -0.434 e. The molecule has 0 N–H and O–H groups in total. The molecule has 0 saturated carbocycles. The van der Waals surface area contributed by atoms with Crippen molar-refractivity contribution in [3.8, 4) is 0 Å². The Balaban J connectivity index is 3.30. The van der Waals surface area contributed by atoms with Crippen LogP contribution < -0.4 is 0 Å². The Morgan fingerprint density at radius 3 is 2.44 bits per heavy atom. The van der Waals surface area contributed by atoms with Crippen LogP contribution in [-0.2, 0) is 9.47 Å². The second-order valence-electron chi connectivity index (χ2n) is 4.38. The molecule has 0 bridgehead atoms. The summed E-state index contributed by atoms with van der Waals surface area (Å²) in [5, 5.41) is 0. The first-order chi connectivity index (χ1) is 7.56. The van der Waals surface area contributed by atoms with Crippen LogP contribution in [0.4, 0.5) is 4.79 Å². The van der Waals surface area contributed by atoms with Crippen molar-refractivity contribution in [1.82, 2.24) is 4.90 Å². The third-order valence-electron chi connectivity index (χ3n) is 2.36. The van der Waals surface area contributed by atoms with E-state index >= 15 is 0 Å². The van der Waals surface area contributed by atoms with E-state index in [0.29, 0.717) is 19.1 Å². The SMILES string of the molecule is CCN(C)CCCOC(=O)OCCC(C)C. The van der Waals surface area contributed by atoms with Gasteiger partial charge in [0.05, 0.1) is 13.2 Å². The maximum Gasteiger partial charge on any atom is 0.508 e. The number of ether oxygens (including phenoxy) is 2. The summed E-state index contributed by atoms with van der Waals surface area (Å²) in [6.45, 7) is 9.12. The van der Waals surface area contributed by atoms with Gasteiger partial charge in [0.1, 0.15) is 0 Å². The second-order valence-corrected chi connectivity index (χ2v) is 4.38. The van der Waals surface area contributed by atoms with Gasteiger partial charge in [-0.05, 0) is 32.4 Å². The number of rotatable bonds is 8. The Labute approximate surface area is 98.9 Å². The zero-order valence-electron chi connectivity index (χ0n) is 11.0. The van der Waals surface area contributed by atoms with Crippen molar-refractivity contribution < 1.29 is 14.3 Å². The van der Waals surface area contributed by atoms with Gasteiger partial charge in [-0.25, -0.2) is 4.79 Å². The van der Waals surface area contributed by atoms with Crippen molar-refractivity contribution in [2.45, 2.75) is 33.6 Å². The minimum atomic E-state index is -0.542. The zero-order valence-corrected chi connectivity index (χ0v) is 11.0. The molecule has 96 valence electrons. The van der Waals surface area contributed by atoms with Gasteiger partial charge in [0, 0.05) is 6.54 Å². The molecule has 4 nitrogen and oxygen atoms in total. The van der Waals surface area contributed by atoms with Crippen molar-refractivity contribution in [3.05, 3.63) is 0 Å². The fourth-order valence-corrected chi connectivity index (χ4v) is 1.07. The van der Waals surface area contributed by atoms with E-state index in [1.807, 2.05) is 7.05 Å². The first-order valence-corrected chi connectivity index (χ1v) is 6.04. The summed E-state index contributed by atoms with van der Waals surface area (Å²) in [5.41, 5.74) is 0. The summed E-state index contributed by atoms with van der Waals surface area (Å²) in [6, 6.07) is 0. The molecule has 0 fully saturated rings. The molecule has 0 saturated heterocycles. The van der Waals surface area contributed by atoms with Gasteiger partial charge in [0.15, 0.2) is 0 Å². The molecule has 0 heterocycles. The van der Waals surface area contributed by atoms with E-state index in [2.05, 4.69) is 25.7 Å². The molecule has 0 aliphatic carbocycles. The van der Waals surface area contributed by atoms with Crippen LogP contribution in [0.5, 0.6) is 0 Å². The molecule has 0 aromatic heterocycles. The van der Waals surface area contributed by atoms with E-state index in [0.717, 1.165) is 25.9 Å². The Bertz CT molecular complexity index is 183. The van der Waals surface area contributed by atoms with Crippen molar-refractivity contribution in [1.29, 1.82) is 0 Å². The zero-order chi connectivity index (χ0) is 12.4. The Morgan fingerprint density at radius 2 is 1.88 bits per heavy atom. The highest BCUT2D eigenvalue weighted by molar-refractivity contribution is 5.59. The average Bonchev–Trinajstić information content (AvgIpc) is 2.23. The summed E-state index contributed by atoms with van der Waals surface area (Å²) < 4.78 is 9.84. The first-order valence-electron chi connectivity index (χ1n) is 6.04. The number of carbonyl (C=O) groups is 1. The van der Waals surface area contributed by atoms with Crippen LogP contribution in [0.1, 0.15) is 33.6 Å². The van der Waals surface area contributed by atoms with E-state index in [-0.39, 0.29) is 0 Å². The van der Waals surface area contributed by atoms with Gasteiger partial charge in [-0.2, -0.15) is 0 Å². The fourth-order valence-electron chi connectivity index (χ4n) is 1.07. The molecule has 16 heavy (non-hydrogen) atoms. The molecule has 0 atom stereocenters. The van der Waals surface area contributed by atoms with Crippen molar-refractivity contribution in [2.24, 2.45) is 5.92 Å². The minimum absolute atomic E-state index is 0.435. The van der Waals surface area contributed by atoms with Crippen LogP contribution >= 0.6 is 0 Å². The lowest BCUT2D eigenvalue weighted by atomic mass is 10.1. The van der Waals surface area contributed by atoms with Crippen molar-refractivity contribution >= 4 is 6.16 Å². The molecular formula is C12H25NO3. The standard InChI is InChI=1S/C12H25NO3/c1-5-13(4)8-6-9-15-12(14)16-10-7-11(2)3/h11H,5-10H2,1-4H3. The van der Waals surface area contributed by atoms with Crippen LogP contribution in [-0.4, -0.2) is 44.4 Å². The normalized spacial score (nSPS) is 10.9. The predicted octanol–water partition coefficient (Wildman–Crippen LogP) is 2.53. The van der Waals surface area contributed by atoms with E-state index in [4.69, 9.17) is 9.47 Å². The average molecular weight is 231 g/mol. The van der Waals surface area contributed by atoms with Gasteiger partial charge in [-0.3, -0.25) is 0 Å². The lowest BCUT2D eigenvalue weighted by Crippen LogP contribution is -2.20. The van der Waals surface area contributed by atoms with Gasteiger partial charge >= 0.3 is 6.16 Å². The molecule has 0 unspecified atom stereocenters. The van der Waals surface area contributed by atoms with Crippen molar-refractivity contribution in [3.63, 3.8) is 0 Å². The number of hydrogen-bond donors (Lipinski definition) is 0. The third kappa shape index (κ3) is 9.77. The van der Waals surface area contributed by atoms with Gasteiger partial charge in [0.2, 0.25) is 0 Å². The van der Waals surface area contributed by atoms with E-state index in [1.165, 1.54) is 0 Å². The highest BCUT2D eigenvalue weighted by Gasteiger charge is 2.04. The van der Waals surface area contributed by atoms with Gasteiger partial charge in [-0.1, -0.05) is 20.8 Å². The van der Waals surface area contributed by atoms with Crippen LogP contribution in [0, 0.1) is 5.92 Å². The predicted molar refractivity (Wildman–Crippen MR) is 64.5 cm³/mol. The summed E-state index contributed by atoms with van der Waals surface area (Å²) in [6.07, 6.45) is 1.19. The quantitative estimate of drug-likeness (QED) is 0.475. The molecule has 4 heteroatoms. The lowest BCUT2D eigenvalue weighted by Gasteiger charge is -2.13. The third-order valence-corrected chi connectivity index (χ3v) is 2.36. The fraction of sp³-hybridized carbons (Fsp3) is 0.917. The molecule has 0 aromatic carbocycles. The summed E-state index contributed by atoms with van der Waals surface area (Å²) >= 11 is 0. The Kier molecular flexibility index (Phi) is 9.00. The number of nitrogens with zero attached hydrogens (tertiary/aromatic N) is 1. The van der Waals surface area contributed by atoms with Gasteiger partial charge in [-0.15, -0.1) is 0 Å². The summed E-state index contributed by atoms with van der Waals surface area (Å²) in [4.78, 5) is 13.3. The summed E-state index contributed by atoms with van der Waals surface area (Å²) in [5.74, 6) is 0.547. The highest BCUT2D eigenvalue weighted by atomic mass is 16.7. The van der Waals surface area contributed by atoms with Crippen molar-refractivity contribution in [2.75, 3.05) is 33.4 Å². The molecule has 0 aliphatic rings. The highest BCUT2D eigenvalue weighted by Crippen LogP contribution is 2.00. The smallest absolute Gasteiger partial charge is 0.434 e. The lowest BCUT2D eigenvalue weighted by molar-refractivity contribution is 0.0502. The maximum absolute atomic E-state index is 11.1. The largest absolute Gasteiger partial charge is 0.508 e. The van der Waals surface area contributed by atoms with Crippen LogP contribution in [0.15, 0.2) is 0 Å². The number of hydrogen-bond acceptors (Lipinski definition) is 4. The Morgan fingerprint density at radius 1 is 1.25 bits per heavy atom. The van der Waals surface area contributed by atoms with E-state index in [1.54, 1.807) is 0 Å². The van der Waals surface area contributed by atoms with Gasteiger partial charge in [0.25, 0.3) is 0 Å². The molecule has 0 radical (unpaired) electrons. The van der Waals surface area contributed by atoms with Crippen LogP contribution in [0.3, 0.4) is 0 Å². The molecule has 0 spiro atoms. The van der Waals surface area contributed by atoms with Crippen LogP contribution in [0.25, 0.3) is 0 Å². The van der Waals surface area contributed by atoms with Crippen LogP contribution in [0.2, 0.25) is 0 Å². The topological polar surface area (TPSA) is 38.8 Å². The van der Waals surface area contributed by atoms with Gasteiger partial charge < -0.3 is 14.4 Å². The molecule has 0 amide bonds. The molecular weight excluding hydrogens is 206 g/mol. The Hall–Kier alpha value is -0.770. The molecule has 0 aliphatic heterocycles. The molecule has 0 rings (SSSR count). The first kappa shape index (κ1) is 15.2. The molecule has 0 aromatic rings.